The Morgan fingerprint density at radius 3 is 2.74 bits per heavy atom. The summed E-state index contributed by atoms with van der Waals surface area (Å²) in [6, 6.07) is 0. The number of rotatable bonds is 3. The van der Waals surface area contributed by atoms with Gasteiger partial charge in [0.1, 0.15) is 5.60 Å². The van der Waals surface area contributed by atoms with Crippen LogP contribution in [0.3, 0.4) is 0 Å². The predicted octanol–water partition coefficient (Wildman–Crippen LogP) is 3.15. The summed E-state index contributed by atoms with van der Waals surface area (Å²) in [4.78, 5) is 12.7. The molecule has 6 rings (SSSR count). The van der Waals surface area contributed by atoms with Crippen molar-refractivity contribution in [2.24, 2.45) is 46.8 Å². The van der Waals surface area contributed by atoms with Gasteiger partial charge in [0.05, 0.1) is 11.5 Å². The summed E-state index contributed by atoms with van der Waals surface area (Å²) in [6.45, 7) is 4.07. The monoisotopic (exact) mass is 316 g/mol. The molecule has 6 aliphatic rings. The first-order chi connectivity index (χ1) is 11.0. The molecule has 0 heterocycles. The molecule has 0 aromatic rings. The summed E-state index contributed by atoms with van der Waals surface area (Å²) in [7, 11) is 0. The van der Waals surface area contributed by atoms with Crippen LogP contribution >= 0.6 is 0 Å². The summed E-state index contributed by atoms with van der Waals surface area (Å²) in [5, 5.41) is 11.5. The third-order valence-corrected chi connectivity index (χ3v) is 9.53. The van der Waals surface area contributed by atoms with E-state index in [1.54, 1.807) is 0 Å². The Labute approximate surface area is 138 Å². The maximum atomic E-state index is 12.7. The Bertz CT molecular complexity index is 616. The molecule has 6 fully saturated rings. The van der Waals surface area contributed by atoms with E-state index in [4.69, 9.17) is 4.74 Å². The normalized spacial score (nSPS) is 64.0. The average Bonchev–Trinajstić information content (AvgIpc) is 2.68. The second-order valence-corrected chi connectivity index (χ2v) is 10.0. The van der Waals surface area contributed by atoms with E-state index in [9.17, 15) is 9.90 Å². The van der Waals surface area contributed by atoms with Crippen molar-refractivity contribution in [2.75, 3.05) is 0 Å². The highest BCUT2D eigenvalue weighted by Crippen LogP contribution is 2.89. The van der Waals surface area contributed by atoms with Gasteiger partial charge >= 0.3 is 5.97 Å². The molecule has 0 aromatic heterocycles. The van der Waals surface area contributed by atoms with Crippen molar-refractivity contribution < 1.29 is 14.6 Å². The quantitative estimate of drug-likeness (QED) is 0.814. The molecule has 10 unspecified atom stereocenters. The Hall–Kier alpha value is -0.570. The van der Waals surface area contributed by atoms with E-state index < -0.39 is 5.60 Å². The molecular formula is C20H28O3. The summed E-state index contributed by atoms with van der Waals surface area (Å²) in [6.07, 6.45) is 7.94. The van der Waals surface area contributed by atoms with E-state index in [0.717, 1.165) is 19.3 Å². The van der Waals surface area contributed by atoms with Crippen LogP contribution in [0.2, 0.25) is 0 Å². The standard InChI is InChI=1S/C20H28O3/c1-3-10(2)17(21)23-20-9-12-6-14-18(7-12)15(20)5-11-4-13(20)16(18)19(14,22)8-11/h10-16,22H,3-9H2,1-2H3. The van der Waals surface area contributed by atoms with Crippen LogP contribution in [0, 0.1) is 46.8 Å². The molecule has 1 N–H and O–H groups in total. The van der Waals surface area contributed by atoms with Crippen LogP contribution in [0.15, 0.2) is 0 Å². The number of aliphatic hydroxyl groups is 1. The lowest BCUT2D eigenvalue weighted by Gasteiger charge is -2.64. The highest BCUT2D eigenvalue weighted by atomic mass is 16.6. The van der Waals surface area contributed by atoms with Crippen LogP contribution in [0.4, 0.5) is 0 Å². The first kappa shape index (κ1) is 13.7. The summed E-state index contributed by atoms with van der Waals surface area (Å²) in [5.41, 5.74) is -0.254. The van der Waals surface area contributed by atoms with Gasteiger partial charge in [0.15, 0.2) is 0 Å². The van der Waals surface area contributed by atoms with Crippen molar-refractivity contribution in [3.8, 4) is 0 Å². The third-order valence-electron chi connectivity index (χ3n) is 9.53. The molecule has 0 radical (unpaired) electrons. The zero-order valence-corrected chi connectivity index (χ0v) is 14.3. The maximum Gasteiger partial charge on any atom is 0.309 e. The van der Waals surface area contributed by atoms with E-state index in [-0.39, 0.29) is 17.5 Å². The van der Waals surface area contributed by atoms with Gasteiger partial charge in [-0.1, -0.05) is 13.8 Å². The minimum atomic E-state index is -0.401. The number of carbonyl (C=O) groups excluding carboxylic acids is 1. The van der Waals surface area contributed by atoms with E-state index >= 15 is 0 Å². The highest BCUT2D eigenvalue weighted by molar-refractivity contribution is 5.73. The van der Waals surface area contributed by atoms with Crippen molar-refractivity contribution in [2.45, 2.75) is 70.0 Å². The number of fused-ring (bicyclic) bond motifs is 3. The summed E-state index contributed by atoms with van der Waals surface area (Å²) >= 11 is 0. The molecule has 0 amide bonds. The van der Waals surface area contributed by atoms with Crippen molar-refractivity contribution in [1.29, 1.82) is 0 Å². The largest absolute Gasteiger partial charge is 0.458 e. The van der Waals surface area contributed by atoms with Crippen LogP contribution in [-0.4, -0.2) is 22.3 Å². The Balaban J connectivity index is 1.48. The van der Waals surface area contributed by atoms with Crippen LogP contribution in [0.1, 0.15) is 58.8 Å². The van der Waals surface area contributed by atoms with Gasteiger partial charge in [0.2, 0.25) is 0 Å². The molecule has 6 saturated carbocycles. The number of ether oxygens (including phenoxy) is 1. The van der Waals surface area contributed by atoms with Crippen LogP contribution in [0.5, 0.6) is 0 Å². The van der Waals surface area contributed by atoms with Gasteiger partial charge in [0.25, 0.3) is 0 Å². The smallest absolute Gasteiger partial charge is 0.309 e. The number of esters is 1. The van der Waals surface area contributed by atoms with Gasteiger partial charge in [0, 0.05) is 17.8 Å². The van der Waals surface area contributed by atoms with Crippen molar-refractivity contribution >= 4 is 5.97 Å². The average molecular weight is 316 g/mol. The van der Waals surface area contributed by atoms with E-state index in [2.05, 4.69) is 6.92 Å². The Kier molecular flexibility index (Phi) is 2.18. The Morgan fingerprint density at radius 2 is 1.96 bits per heavy atom. The van der Waals surface area contributed by atoms with Crippen molar-refractivity contribution in [3.05, 3.63) is 0 Å². The molecule has 126 valence electrons. The summed E-state index contributed by atoms with van der Waals surface area (Å²) in [5.74, 6) is 3.40. The number of hydrogen-bond acceptors (Lipinski definition) is 3. The SMILES string of the molecule is CCC(C)C(=O)OC12CC3CC4C5(O)CC6CC1C5C4(C3)C2C6. The topological polar surface area (TPSA) is 46.5 Å². The predicted molar refractivity (Wildman–Crippen MR) is 84.3 cm³/mol. The lowest BCUT2D eigenvalue weighted by molar-refractivity contribution is -0.258. The zero-order valence-electron chi connectivity index (χ0n) is 14.3. The molecule has 6 aliphatic carbocycles. The first-order valence-corrected chi connectivity index (χ1v) is 9.91. The van der Waals surface area contributed by atoms with Gasteiger partial charge in [-0.15, -0.1) is 0 Å². The van der Waals surface area contributed by atoms with E-state index in [1.807, 2.05) is 6.92 Å². The van der Waals surface area contributed by atoms with Crippen molar-refractivity contribution in [3.63, 3.8) is 0 Å². The van der Waals surface area contributed by atoms with Crippen LogP contribution in [0.25, 0.3) is 0 Å². The van der Waals surface area contributed by atoms with Gasteiger partial charge in [-0.3, -0.25) is 4.79 Å². The number of hydrogen-bond donors (Lipinski definition) is 1. The van der Waals surface area contributed by atoms with E-state index in [0.29, 0.717) is 40.9 Å². The van der Waals surface area contributed by atoms with Gasteiger partial charge in [-0.2, -0.15) is 0 Å². The lowest BCUT2D eigenvalue weighted by atomic mass is 9.42. The molecule has 3 nitrogen and oxygen atoms in total. The fraction of sp³-hybridized carbons (Fsp3) is 0.950. The molecule has 3 heteroatoms. The third kappa shape index (κ3) is 1.16. The fourth-order valence-electron chi connectivity index (χ4n) is 9.18. The summed E-state index contributed by atoms with van der Waals surface area (Å²) < 4.78 is 6.43. The second kappa shape index (κ2) is 3.66. The second-order valence-electron chi connectivity index (χ2n) is 10.0. The molecular weight excluding hydrogens is 288 g/mol. The minimum Gasteiger partial charge on any atom is -0.458 e. The molecule has 0 saturated heterocycles. The highest BCUT2D eigenvalue weighted by Gasteiger charge is 2.90. The van der Waals surface area contributed by atoms with Gasteiger partial charge in [-0.05, 0) is 68.1 Å². The molecule has 10 atom stereocenters. The Morgan fingerprint density at radius 1 is 1.17 bits per heavy atom. The van der Waals surface area contributed by atoms with Crippen LogP contribution < -0.4 is 0 Å². The minimum absolute atomic E-state index is 0.00820. The van der Waals surface area contributed by atoms with Crippen molar-refractivity contribution in [1.82, 2.24) is 0 Å². The van der Waals surface area contributed by atoms with Gasteiger partial charge < -0.3 is 9.84 Å². The molecule has 1 spiro atoms. The number of carbonyl (C=O) groups is 1. The zero-order chi connectivity index (χ0) is 15.8. The molecule has 6 bridgehead atoms. The molecule has 0 aromatic carbocycles. The maximum absolute atomic E-state index is 12.7. The van der Waals surface area contributed by atoms with Crippen LogP contribution in [-0.2, 0) is 9.53 Å². The fourth-order valence-corrected chi connectivity index (χ4v) is 9.18. The first-order valence-electron chi connectivity index (χ1n) is 9.91. The lowest BCUT2D eigenvalue weighted by Crippen LogP contribution is -2.68. The van der Waals surface area contributed by atoms with E-state index in [1.165, 1.54) is 25.7 Å². The molecule has 23 heavy (non-hydrogen) atoms. The van der Waals surface area contributed by atoms with Gasteiger partial charge in [-0.25, -0.2) is 0 Å². The molecule has 0 aliphatic heterocycles.